The minimum atomic E-state index is -0.830. The lowest BCUT2D eigenvalue weighted by atomic mass is 10.1. The van der Waals surface area contributed by atoms with Crippen molar-refractivity contribution in [2.45, 2.75) is 20.8 Å². The fourth-order valence-corrected chi connectivity index (χ4v) is 3.97. The second kappa shape index (κ2) is 10.6. The molecule has 0 aliphatic carbocycles. The summed E-state index contributed by atoms with van der Waals surface area (Å²) in [5, 5.41) is 2.60. The molecule has 0 unspecified atom stereocenters. The maximum absolute atomic E-state index is 12.4. The largest absolute Gasteiger partial charge is 0.462 e. The number of nitrogens with zero attached hydrogens (tertiary/aromatic N) is 2. The van der Waals surface area contributed by atoms with Crippen LogP contribution in [0, 0.1) is 6.92 Å². The molecule has 0 atom stereocenters. The fraction of sp³-hybridized carbons (Fsp3) is 0.273. The number of carbonyl (C=O) groups excluding carboxylic acids is 4. The van der Waals surface area contributed by atoms with Gasteiger partial charge in [-0.2, -0.15) is 0 Å². The van der Waals surface area contributed by atoms with Crippen molar-refractivity contribution >= 4 is 51.2 Å². The summed E-state index contributed by atoms with van der Waals surface area (Å²) in [5.41, 5.74) is 1.45. The molecule has 0 bridgehead atoms. The van der Waals surface area contributed by atoms with Gasteiger partial charge < -0.3 is 19.5 Å². The summed E-state index contributed by atoms with van der Waals surface area (Å²) in [6.07, 6.45) is 1.26. The average molecular weight is 471 g/mol. The Bertz CT molecular complexity index is 1220. The molecule has 2 heterocycles. The molecule has 0 aliphatic heterocycles. The molecule has 3 rings (SSSR count). The minimum absolute atomic E-state index is 0.0463. The second-order valence-corrected chi connectivity index (χ2v) is 7.59. The zero-order valence-electron chi connectivity index (χ0n) is 18.2. The first-order valence-electron chi connectivity index (χ1n) is 10.0. The van der Waals surface area contributed by atoms with E-state index < -0.39 is 30.4 Å². The lowest BCUT2D eigenvalue weighted by molar-refractivity contribution is -0.119. The summed E-state index contributed by atoms with van der Waals surface area (Å²) < 4.78 is 15.1. The Labute approximate surface area is 192 Å². The smallest absolute Gasteiger partial charge is 0.359 e. The number of amides is 1. The van der Waals surface area contributed by atoms with Crippen LogP contribution in [0.2, 0.25) is 0 Å². The van der Waals surface area contributed by atoms with Crippen molar-refractivity contribution in [3.05, 3.63) is 52.2 Å². The highest BCUT2D eigenvalue weighted by Crippen LogP contribution is 2.34. The summed E-state index contributed by atoms with van der Waals surface area (Å²) in [7, 11) is 0. The number of hydrogen-bond donors (Lipinski definition) is 1. The summed E-state index contributed by atoms with van der Waals surface area (Å²) >= 11 is 0.879. The van der Waals surface area contributed by atoms with E-state index in [2.05, 4.69) is 15.3 Å². The number of benzene rings is 1. The van der Waals surface area contributed by atoms with Crippen LogP contribution in [0.15, 0.2) is 30.5 Å². The van der Waals surface area contributed by atoms with E-state index in [-0.39, 0.29) is 34.3 Å². The molecular formula is C22H21N3O7S. The van der Waals surface area contributed by atoms with E-state index in [1.807, 2.05) is 0 Å². The zero-order valence-corrected chi connectivity index (χ0v) is 19.0. The number of para-hydroxylation sites is 2. The number of hydrogen-bond acceptors (Lipinski definition) is 10. The van der Waals surface area contributed by atoms with Crippen LogP contribution in [0.3, 0.4) is 0 Å². The first-order valence-corrected chi connectivity index (χ1v) is 10.8. The van der Waals surface area contributed by atoms with Crippen LogP contribution in [-0.4, -0.2) is 53.6 Å². The van der Waals surface area contributed by atoms with E-state index in [0.29, 0.717) is 16.6 Å². The van der Waals surface area contributed by atoms with Gasteiger partial charge >= 0.3 is 17.9 Å². The second-order valence-electron chi connectivity index (χ2n) is 6.57. The lowest BCUT2D eigenvalue weighted by Gasteiger charge is -2.08. The highest BCUT2D eigenvalue weighted by atomic mass is 32.1. The monoisotopic (exact) mass is 471 g/mol. The first-order chi connectivity index (χ1) is 15.8. The molecule has 1 aromatic carbocycles. The van der Waals surface area contributed by atoms with Crippen LogP contribution in [0.1, 0.15) is 49.9 Å². The molecule has 1 N–H and O–H groups in total. The van der Waals surface area contributed by atoms with E-state index >= 15 is 0 Å². The summed E-state index contributed by atoms with van der Waals surface area (Å²) in [4.78, 5) is 57.8. The molecule has 172 valence electrons. The minimum Gasteiger partial charge on any atom is -0.462 e. The van der Waals surface area contributed by atoms with E-state index in [1.54, 1.807) is 45.0 Å². The van der Waals surface area contributed by atoms with Crippen molar-refractivity contribution in [3.63, 3.8) is 0 Å². The van der Waals surface area contributed by atoms with Crippen molar-refractivity contribution in [1.29, 1.82) is 0 Å². The number of ether oxygens (including phenoxy) is 3. The maximum Gasteiger partial charge on any atom is 0.359 e. The van der Waals surface area contributed by atoms with Crippen molar-refractivity contribution < 1.29 is 33.4 Å². The van der Waals surface area contributed by atoms with Gasteiger partial charge in [0.05, 0.1) is 36.0 Å². The quantitative estimate of drug-likeness (QED) is 0.388. The number of nitrogens with one attached hydrogen (secondary N) is 1. The van der Waals surface area contributed by atoms with Gasteiger partial charge in [-0.25, -0.2) is 19.4 Å². The number of anilines is 1. The molecule has 10 nitrogen and oxygen atoms in total. The van der Waals surface area contributed by atoms with Crippen molar-refractivity contribution in [2.75, 3.05) is 25.1 Å². The first kappa shape index (κ1) is 23.8. The molecular weight excluding hydrogens is 450 g/mol. The predicted molar refractivity (Wildman–Crippen MR) is 119 cm³/mol. The van der Waals surface area contributed by atoms with E-state index in [4.69, 9.17) is 14.2 Å². The summed E-state index contributed by atoms with van der Waals surface area (Å²) in [6.45, 7) is 4.48. The summed E-state index contributed by atoms with van der Waals surface area (Å²) in [5.74, 6) is -2.85. The Morgan fingerprint density at radius 1 is 0.939 bits per heavy atom. The van der Waals surface area contributed by atoms with E-state index in [1.165, 1.54) is 6.20 Å². The third kappa shape index (κ3) is 5.50. The standard InChI is InChI=1S/C22H21N3O7S/c1-4-30-21(28)17-12(3)18(22(29)31-5-2)33-19(17)25-16(26)11-32-20(27)15-10-23-13-8-6-7-9-14(13)24-15/h6-10H,4-5,11H2,1-3H3,(H,25,26). The van der Waals surface area contributed by atoms with Gasteiger partial charge in [-0.3, -0.25) is 9.78 Å². The number of aromatic nitrogens is 2. The van der Waals surface area contributed by atoms with Gasteiger partial charge in [0, 0.05) is 0 Å². The number of esters is 3. The molecule has 3 aromatic rings. The molecule has 11 heteroatoms. The Morgan fingerprint density at radius 3 is 2.30 bits per heavy atom. The van der Waals surface area contributed by atoms with Gasteiger partial charge in [0.15, 0.2) is 12.3 Å². The van der Waals surface area contributed by atoms with Gasteiger partial charge in [0.25, 0.3) is 5.91 Å². The summed E-state index contributed by atoms with van der Waals surface area (Å²) in [6, 6.07) is 7.00. The van der Waals surface area contributed by atoms with Gasteiger partial charge in [-0.05, 0) is 38.5 Å². The number of thiophene rings is 1. The predicted octanol–water partition coefficient (Wildman–Crippen LogP) is 3.15. The molecule has 0 aliphatic rings. The molecule has 2 aromatic heterocycles. The number of rotatable bonds is 8. The van der Waals surface area contributed by atoms with Crippen LogP contribution < -0.4 is 5.32 Å². The van der Waals surface area contributed by atoms with Gasteiger partial charge in [-0.1, -0.05) is 12.1 Å². The van der Waals surface area contributed by atoms with Gasteiger partial charge in [-0.15, -0.1) is 11.3 Å². The zero-order chi connectivity index (χ0) is 24.0. The molecule has 0 spiro atoms. The highest BCUT2D eigenvalue weighted by Gasteiger charge is 2.27. The number of carbonyl (C=O) groups is 4. The van der Waals surface area contributed by atoms with Crippen LogP contribution in [0.5, 0.6) is 0 Å². The Balaban J connectivity index is 1.73. The van der Waals surface area contributed by atoms with Crippen molar-refractivity contribution in [3.8, 4) is 0 Å². The molecule has 1 amide bonds. The SMILES string of the molecule is CCOC(=O)c1sc(NC(=O)COC(=O)c2cnc3ccccc3n2)c(C(=O)OCC)c1C. The molecule has 0 saturated carbocycles. The fourth-order valence-electron chi connectivity index (χ4n) is 2.87. The van der Waals surface area contributed by atoms with E-state index in [9.17, 15) is 19.2 Å². The molecule has 0 radical (unpaired) electrons. The van der Waals surface area contributed by atoms with Crippen LogP contribution in [0.25, 0.3) is 11.0 Å². The third-order valence-corrected chi connectivity index (χ3v) is 5.52. The highest BCUT2D eigenvalue weighted by molar-refractivity contribution is 7.18. The van der Waals surface area contributed by atoms with Gasteiger partial charge in [0.2, 0.25) is 0 Å². The molecule has 0 saturated heterocycles. The lowest BCUT2D eigenvalue weighted by Crippen LogP contribution is -2.22. The Hall–Kier alpha value is -3.86. The van der Waals surface area contributed by atoms with Gasteiger partial charge in [0.1, 0.15) is 9.88 Å². The third-order valence-electron chi connectivity index (χ3n) is 4.33. The average Bonchev–Trinajstić information content (AvgIpc) is 3.13. The van der Waals surface area contributed by atoms with Crippen molar-refractivity contribution in [1.82, 2.24) is 9.97 Å². The Morgan fingerprint density at radius 2 is 1.61 bits per heavy atom. The van der Waals surface area contributed by atoms with Crippen LogP contribution in [-0.2, 0) is 19.0 Å². The normalized spacial score (nSPS) is 10.5. The topological polar surface area (TPSA) is 134 Å². The van der Waals surface area contributed by atoms with Crippen LogP contribution >= 0.6 is 11.3 Å². The molecule has 0 fully saturated rings. The van der Waals surface area contributed by atoms with Crippen molar-refractivity contribution in [2.24, 2.45) is 0 Å². The number of fused-ring (bicyclic) bond motifs is 1. The maximum atomic E-state index is 12.4. The van der Waals surface area contributed by atoms with E-state index in [0.717, 1.165) is 11.3 Å². The molecule has 33 heavy (non-hydrogen) atoms. The van der Waals surface area contributed by atoms with Crippen LogP contribution in [0.4, 0.5) is 5.00 Å². The Kier molecular flexibility index (Phi) is 7.67.